The topological polar surface area (TPSA) is 47.6 Å². The van der Waals surface area contributed by atoms with E-state index in [0.29, 0.717) is 24.0 Å². The van der Waals surface area contributed by atoms with Crippen LogP contribution in [0.4, 0.5) is 5.69 Å². The summed E-state index contributed by atoms with van der Waals surface area (Å²) in [4.78, 5) is 12.2. The first kappa shape index (κ1) is 21.3. The summed E-state index contributed by atoms with van der Waals surface area (Å²) in [7, 11) is 1.62. The van der Waals surface area contributed by atoms with Crippen LogP contribution in [0.25, 0.3) is 6.08 Å². The minimum atomic E-state index is -0.171. The van der Waals surface area contributed by atoms with Crippen LogP contribution in [0.5, 0.6) is 11.5 Å². The van der Waals surface area contributed by atoms with Gasteiger partial charge in [0.2, 0.25) is 5.91 Å². The monoisotopic (exact) mass is 479 g/mol. The van der Waals surface area contributed by atoms with Crippen LogP contribution in [0.3, 0.4) is 0 Å². The molecule has 27 heavy (non-hydrogen) atoms. The van der Waals surface area contributed by atoms with Gasteiger partial charge in [-0.2, -0.15) is 0 Å². The Balaban J connectivity index is 2.01. The van der Waals surface area contributed by atoms with Gasteiger partial charge >= 0.3 is 0 Å². The summed E-state index contributed by atoms with van der Waals surface area (Å²) in [6, 6.07) is 11.6. The smallest absolute Gasteiger partial charge is 0.248 e. The Hall–Kier alpha value is -2.02. The number of nitrogens with one attached hydrogen (secondary N) is 1. The molecule has 4 nitrogen and oxygen atoms in total. The van der Waals surface area contributed by atoms with Gasteiger partial charge in [-0.15, -0.1) is 0 Å². The van der Waals surface area contributed by atoms with E-state index in [0.717, 1.165) is 26.8 Å². The van der Waals surface area contributed by atoms with Gasteiger partial charge in [0.1, 0.15) is 0 Å². The lowest BCUT2D eigenvalue weighted by Gasteiger charge is -2.12. The molecule has 0 unspecified atom stereocenters. The molecule has 2 aromatic carbocycles. The van der Waals surface area contributed by atoms with Crippen LogP contribution in [0.1, 0.15) is 31.4 Å². The van der Waals surface area contributed by atoms with E-state index in [1.54, 1.807) is 13.2 Å². The number of anilines is 1. The summed E-state index contributed by atoms with van der Waals surface area (Å²) in [5.41, 5.74) is 2.72. The van der Waals surface area contributed by atoms with Gasteiger partial charge in [-0.3, -0.25) is 4.79 Å². The van der Waals surface area contributed by atoms with E-state index in [1.165, 1.54) is 6.08 Å². The first-order valence-corrected chi connectivity index (χ1v) is 10.0. The first-order valence-electron chi connectivity index (χ1n) is 8.95. The van der Waals surface area contributed by atoms with Crippen LogP contribution in [-0.2, 0) is 4.79 Å². The molecule has 144 valence electrons. The van der Waals surface area contributed by atoms with Crippen LogP contribution in [-0.4, -0.2) is 19.6 Å². The van der Waals surface area contributed by atoms with Crippen molar-refractivity contribution in [2.45, 2.75) is 27.2 Å². The van der Waals surface area contributed by atoms with E-state index >= 15 is 0 Å². The molecule has 0 bridgehead atoms. The van der Waals surface area contributed by atoms with Crippen LogP contribution in [0.2, 0.25) is 0 Å². The lowest BCUT2D eigenvalue weighted by Crippen LogP contribution is -2.09. The maximum atomic E-state index is 12.2. The van der Waals surface area contributed by atoms with Crippen LogP contribution in [0, 0.1) is 16.4 Å². The fourth-order valence-corrected chi connectivity index (χ4v) is 3.07. The molecular formula is C22H26INO3. The number of rotatable bonds is 8. The van der Waals surface area contributed by atoms with Crippen molar-refractivity contribution in [2.24, 2.45) is 5.92 Å². The zero-order valence-corrected chi connectivity index (χ0v) is 18.4. The molecule has 5 heteroatoms. The van der Waals surface area contributed by atoms with Gasteiger partial charge in [0, 0.05) is 15.3 Å². The third kappa shape index (κ3) is 6.90. The molecule has 2 aromatic rings. The SMILES string of the molecule is COc1cc(/C=C/C(=O)Nc2ccc(I)cc2C)ccc1OCCC(C)C. The highest BCUT2D eigenvalue weighted by Crippen LogP contribution is 2.29. The zero-order valence-electron chi connectivity index (χ0n) is 16.2. The van der Waals surface area contributed by atoms with Gasteiger partial charge in [-0.05, 0) is 89.4 Å². The van der Waals surface area contributed by atoms with Gasteiger partial charge in [0.25, 0.3) is 0 Å². The predicted molar refractivity (Wildman–Crippen MR) is 120 cm³/mol. The summed E-state index contributed by atoms with van der Waals surface area (Å²) in [5.74, 6) is 1.80. The van der Waals surface area contributed by atoms with Crippen molar-refractivity contribution in [1.29, 1.82) is 0 Å². The van der Waals surface area contributed by atoms with E-state index in [1.807, 2.05) is 43.3 Å². The van der Waals surface area contributed by atoms with E-state index < -0.39 is 0 Å². The molecule has 2 rings (SSSR count). The summed E-state index contributed by atoms with van der Waals surface area (Å²) >= 11 is 2.25. The Morgan fingerprint density at radius 2 is 1.96 bits per heavy atom. The molecule has 1 N–H and O–H groups in total. The van der Waals surface area contributed by atoms with Gasteiger partial charge in [0.15, 0.2) is 11.5 Å². The number of ether oxygens (including phenoxy) is 2. The van der Waals surface area contributed by atoms with Gasteiger partial charge < -0.3 is 14.8 Å². The predicted octanol–water partition coefficient (Wildman–Crippen LogP) is 5.69. The number of hydrogen-bond donors (Lipinski definition) is 1. The van der Waals surface area contributed by atoms with Crippen molar-refractivity contribution >= 4 is 40.3 Å². The molecule has 0 saturated carbocycles. The number of halogens is 1. The lowest BCUT2D eigenvalue weighted by molar-refractivity contribution is -0.111. The average molecular weight is 479 g/mol. The Morgan fingerprint density at radius 3 is 2.63 bits per heavy atom. The number of amides is 1. The fraction of sp³-hybridized carbons (Fsp3) is 0.318. The standard InChI is InChI=1S/C22H26INO3/c1-15(2)11-12-27-20-9-5-17(14-21(20)26-4)6-10-22(25)24-19-8-7-18(23)13-16(19)3/h5-10,13-15H,11-12H2,1-4H3,(H,24,25)/b10-6+. The van der Waals surface area contributed by atoms with Gasteiger partial charge in [-0.1, -0.05) is 19.9 Å². The van der Waals surface area contributed by atoms with Crippen molar-refractivity contribution in [2.75, 3.05) is 19.0 Å². The second kappa shape index (κ2) is 10.3. The summed E-state index contributed by atoms with van der Waals surface area (Å²) in [5, 5.41) is 2.90. The molecule has 0 aliphatic heterocycles. The van der Waals surface area contributed by atoms with Crippen LogP contribution >= 0.6 is 22.6 Å². The average Bonchev–Trinajstić information content (AvgIpc) is 2.62. The third-order valence-electron chi connectivity index (χ3n) is 4.01. The summed E-state index contributed by atoms with van der Waals surface area (Å²) < 4.78 is 12.3. The quantitative estimate of drug-likeness (QED) is 0.391. The van der Waals surface area contributed by atoms with Crippen LogP contribution in [0.15, 0.2) is 42.5 Å². The Labute approximate surface area is 175 Å². The Bertz CT molecular complexity index is 815. The van der Waals surface area contributed by atoms with Crippen molar-refractivity contribution in [3.63, 3.8) is 0 Å². The maximum absolute atomic E-state index is 12.2. The molecule has 1 amide bonds. The van der Waals surface area contributed by atoms with Gasteiger partial charge in [0.05, 0.1) is 13.7 Å². The zero-order chi connectivity index (χ0) is 19.8. The second-order valence-corrected chi connectivity index (χ2v) is 7.97. The van der Waals surface area contributed by atoms with Crippen LogP contribution < -0.4 is 14.8 Å². The van der Waals surface area contributed by atoms with E-state index in [4.69, 9.17) is 9.47 Å². The molecular weight excluding hydrogens is 453 g/mol. The van der Waals surface area contributed by atoms with Crippen molar-refractivity contribution < 1.29 is 14.3 Å². The Morgan fingerprint density at radius 1 is 1.19 bits per heavy atom. The van der Waals surface area contributed by atoms with E-state index in [-0.39, 0.29) is 5.91 Å². The van der Waals surface area contributed by atoms with Crippen molar-refractivity contribution in [1.82, 2.24) is 0 Å². The third-order valence-corrected chi connectivity index (χ3v) is 4.68. The summed E-state index contributed by atoms with van der Waals surface area (Å²) in [6.07, 6.45) is 4.27. The highest BCUT2D eigenvalue weighted by atomic mass is 127. The first-order chi connectivity index (χ1) is 12.9. The number of hydrogen-bond acceptors (Lipinski definition) is 3. The molecule has 0 radical (unpaired) electrons. The molecule has 0 aliphatic rings. The number of carbonyl (C=O) groups excluding carboxylic acids is 1. The van der Waals surface area contributed by atoms with E-state index in [2.05, 4.69) is 41.8 Å². The number of benzene rings is 2. The molecule has 0 atom stereocenters. The Kier molecular flexibility index (Phi) is 8.16. The normalized spacial score (nSPS) is 11.0. The molecule has 0 fully saturated rings. The molecule has 0 saturated heterocycles. The highest BCUT2D eigenvalue weighted by molar-refractivity contribution is 14.1. The molecule has 0 aromatic heterocycles. The number of aryl methyl sites for hydroxylation is 1. The largest absolute Gasteiger partial charge is 0.493 e. The maximum Gasteiger partial charge on any atom is 0.248 e. The van der Waals surface area contributed by atoms with Gasteiger partial charge in [-0.25, -0.2) is 0 Å². The molecule has 0 spiro atoms. The molecule has 0 heterocycles. The highest BCUT2D eigenvalue weighted by Gasteiger charge is 2.06. The second-order valence-electron chi connectivity index (χ2n) is 6.72. The van der Waals surface area contributed by atoms with Crippen molar-refractivity contribution in [3.05, 3.63) is 57.2 Å². The minimum absolute atomic E-state index is 0.171. The summed E-state index contributed by atoms with van der Waals surface area (Å²) in [6.45, 7) is 6.96. The fourth-order valence-electron chi connectivity index (χ4n) is 2.43. The number of carbonyl (C=O) groups is 1. The lowest BCUT2D eigenvalue weighted by atomic mass is 10.1. The van der Waals surface area contributed by atoms with Crippen molar-refractivity contribution in [3.8, 4) is 11.5 Å². The minimum Gasteiger partial charge on any atom is -0.493 e. The van der Waals surface area contributed by atoms with E-state index in [9.17, 15) is 4.79 Å². The molecule has 0 aliphatic carbocycles. The number of methoxy groups -OCH3 is 1.